The minimum absolute atomic E-state index is 0.165. The zero-order chi connectivity index (χ0) is 17.9. The van der Waals surface area contributed by atoms with Crippen molar-refractivity contribution in [1.82, 2.24) is 15.3 Å². The maximum Gasteiger partial charge on any atom is 0.433 e. The van der Waals surface area contributed by atoms with Crippen molar-refractivity contribution in [2.24, 2.45) is 0 Å². The van der Waals surface area contributed by atoms with Crippen molar-refractivity contribution in [1.29, 1.82) is 5.26 Å². The van der Waals surface area contributed by atoms with Gasteiger partial charge in [0.15, 0.2) is 0 Å². The van der Waals surface area contributed by atoms with Crippen LogP contribution in [0.25, 0.3) is 0 Å². The lowest BCUT2D eigenvalue weighted by molar-refractivity contribution is -0.141. The van der Waals surface area contributed by atoms with Crippen LogP contribution in [-0.4, -0.2) is 36.1 Å². The monoisotopic (exact) mass is 348 g/mol. The summed E-state index contributed by atoms with van der Waals surface area (Å²) in [4.78, 5) is 9.46. The molecule has 0 radical (unpaired) electrons. The Balaban J connectivity index is 1.94. The molecule has 0 bridgehead atoms. The predicted octanol–water partition coefficient (Wildman–Crippen LogP) is 2.52. The fourth-order valence-corrected chi connectivity index (χ4v) is 2.58. The van der Waals surface area contributed by atoms with Gasteiger partial charge in [0.05, 0.1) is 23.0 Å². The van der Waals surface area contributed by atoms with E-state index in [0.717, 1.165) is 44.1 Å². The summed E-state index contributed by atoms with van der Waals surface area (Å²) in [5.74, 6) is -0.165. The van der Waals surface area contributed by atoms with E-state index < -0.39 is 11.9 Å². The summed E-state index contributed by atoms with van der Waals surface area (Å²) in [5, 5.41) is 15.2. The van der Waals surface area contributed by atoms with E-state index >= 15 is 0 Å². The SMILES string of the molecule is N#Cc1ccc(N2CCNCC2)c(Nc2nccc(C(F)(F)F)n2)c1. The van der Waals surface area contributed by atoms with Gasteiger partial charge in [-0.15, -0.1) is 0 Å². The first-order chi connectivity index (χ1) is 12.0. The van der Waals surface area contributed by atoms with E-state index in [9.17, 15) is 13.2 Å². The normalized spacial score (nSPS) is 14.9. The van der Waals surface area contributed by atoms with Crippen LogP contribution in [0.15, 0.2) is 30.5 Å². The number of benzene rings is 1. The van der Waals surface area contributed by atoms with Gasteiger partial charge >= 0.3 is 6.18 Å². The fraction of sp³-hybridized carbons (Fsp3) is 0.312. The third kappa shape index (κ3) is 3.97. The topological polar surface area (TPSA) is 76.9 Å². The van der Waals surface area contributed by atoms with Crippen LogP contribution in [0, 0.1) is 11.3 Å². The lowest BCUT2D eigenvalue weighted by Gasteiger charge is -2.31. The third-order valence-corrected chi connectivity index (χ3v) is 3.78. The number of nitrogens with one attached hydrogen (secondary N) is 2. The highest BCUT2D eigenvalue weighted by Crippen LogP contribution is 2.31. The van der Waals surface area contributed by atoms with Crippen molar-refractivity contribution >= 4 is 17.3 Å². The van der Waals surface area contributed by atoms with Gasteiger partial charge in [0.25, 0.3) is 0 Å². The molecule has 6 nitrogen and oxygen atoms in total. The molecule has 1 aliphatic heterocycles. The van der Waals surface area contributed by atoms with E-state index in [2.05, 4.69) is 25.5 Å². The van der Waals surface area contributed by atoms with E-state index in [4.69, 9.17) is 5.26 Å². The molecular formula is C16H15F3N6. The molecule has 2 aromatic rings. The van der Waals surface area contributed by atoms with Crippen LogP contribution < -0.4 is 15.5 Å². The quantitative estimate of drug-likeness (QED) is 0.888. The van der Waals surface area contributed by atoms with Crippen molar-refractivity contribution in [2.75, 3.05) is 36.4 Å². The van der Waals surface area contributed by atoms with Gasteiger partial charge in [-0.25, -0.2) is 9.97 Å². The molecule has 0 unspecified atom stereocenters. The summed E-state index contributed by atoms with van der Waals surface area (Å²) in [7, 11) is 0. The van der Waals surface area contributed by atoms with E-state index in [0.29, 0.717) is 11.3 Å². The van der Waals surface area contributed by atoms with Gasteiger partial charge in [-0.1, -0.05) is 0 Å². The average Bonchev–Trinajstić information content (AvgIpc) is 2.62. The Morgan fingerprint density at radius 1 is 1.20 bits per heavy atom. The lowest BCUT2D eigenvalue weighted by Crippen LogP contribution is -2.43. The first-order valence-corrected chi connectivity index (χ1v) is 7.64. The first-order valence-electron chi connectivity index (χ1n) is 7.64. The Labute approximate surface area is 142 Å². The number of hydrogen-bond acceptors (Lipinski definition) is 6. The number of hydrogen-bond donors (Lipinski definition) is 2. The highest BCUT2D eigenvalue weighted by atomic mass is 19.4. The fourth-order valence-electron chi connectivity index (χ4n) is 2.58. The molecule has 1 fully saturated rings. The van der Waals surface area contributed by atoms with E-state index in [1.165, 1.54) is 0 Å². The zero-order valence-corrected chi connectivity index (χ0v) is 13.1. The largest absolute Gasteiger partial charge is 0.433 e. The standard InChI is InChI=1S/C16H15F3N6/c17-16(18,19)14-3-4-22-15(24-14)23-12-9-11(10-20)1-2-13(12)25-7-5-21-6-8-25/h1-4,9,21H,5-8H2,(H,22,23,24). The number of piperazine rings is 1. The number of nitrogens with zero attached hydrogens (tertiary/aromatic N) is 4. The molecule has 130 valence electrons. The molecule has 0 atom stereocenters. The number of rotatable bonds is 3. The van der Waals surface area contributed by atoms with E-state index in [1.54, 1.807) is 18.2 Å². The Kier molecular flexibility index (Phi) is 4.72. The molecule has 1 aliphatic rings. The molecular weight excluding hydrogens is 333 g/mol. The summed E-state index contributed by atoms with van der Waals surface area (Å²) >= 11 is 0. The summed E-state index contributed by atoms with van der Waals surface area (Å²) in [6.07, 6.45) is -3.49. The molecule has 0 saturated carbocycles. The van der Waals surface area contributed by atoms with Crippen LogP contribution in [0.4, 0.5) is 30.5 Å². The number of aromatic nitrogens is 2. The number of anilines is 3. The van der Waals surface area contributed by atoms with Crippen LogP contribution in [0.5, 0.6) is 0 Å². The molecule has 2 heterocycles. The minimum atomic E-state index is -4.55. The molecule has 0 amide bonds. The van der Waals surface area contributed by atoms with Crippen LogP contribution in [0.3, 0.4) is 0 Å². The van der Waals surface area contributed by atoms with Crippen molar-refractivity contribution in [3.63, 3.8) is 0 Å². The third-order valence-electron chi connectivity index (χ3n) is 3.78. The highest BCUT2D eigenvalue weighted by molar-refractivity contribution is 5.75. The van der Waals surface area contributed by atoms with Gasteiger partial charge < -0.3 is 15.5 Å². The molecule has 0 aliphatic carbocycles. The summed E-state index contributed by atoms with van der Waals surface area (Å²) in [5.41, 5.74) is 0.667. The maximum atomic E-state index is 12.8. The number of alkyl halides is 3. The highest BCUT2D eigenvalue weighted by Gasteiger charge is 2.32. The Morgan fingerprint density at radius 2 is 1.96 bits per heavy atom. The second-order valence-corrected chi connectivity index (χ2v) is 5.47. The van der Waals surface area contributed by atoms with Crippen LogP contribution >= 0.6 is 0 Å². The van der Waals surface area contributed by atoms with Crippen LogP contribution in [0.2, 0.25) is 0 Å². The van der Waals surface area contributed by atoms with Gasteiger partial charge in [-0.05, 0) is 24.3 Å². The maximum absolute atomic E-state index is 12.8. The Bertz CT molecular complexity index is 793. The van der Waals surface area contributed by atoms with E-state index in [1.807, 2.05) is 6.07 Å². The predicted molar refractivity (Wildman–Crippen MR) is 86.6 cm³/mol. The van der Waals surface area contributed by atoms with Crippen molar-refractivity contribution in [3.8, 4) is 6.07 Å². The van der Waals surface area contributed by atoms with Gasteiger partial charge in [0.1, 0.15) is 5.69 Å². The average molecular weight is 348 g/mol. The molecule has 1 aromatic carbocycles. The Morgan fingerprint density at radius 3 is 2.64 bits per heavy atom. The molecule has 1 saturated heterocycles. The lowest BCUT2D eigenvalue weighted by atomic mass is 10.1. The van der Waals surface area contributed by atoms with Gasteiger partial charge in [0, 0.05) is 32.4 Å². The van der Waals surface area contributed by atoms with Crippen molar-refractivity contribution in [3.05, 3.63) is 41.7 Å². The molecule has 3 rings (SSSR count). The molecule has 25 heavy (non-hydrogen) atoms. The summed E-state index contributed by atoms with van der Waals surface area (Å²) in [6, 6.07) is 7.88. The number of nitriles is 1. The molecule has 9 heteroatoms. The van der Waals surface area contributed by atoms with Crippen LogP contribution in [-0.2, 0) is 6.18 Å². The summed E-state index contributed by atoms with van der Waals surface area (Å²) < 4.78 is 38.5. The second kappa shape index (κ2) is 6.94. The van der Waals surface area contributed by atoms with E-state index in [-0.39, 0.29) is 5.95 Å². The van der Waals surface area contributed by atoms with Crippen LogP contribution in [0.1, 0.15) is 11.3 Å². The Hall–Kier alpha value is -2.86. The molecule has 1 aromatic heterocycles. The molecule has 2 N–H and O–H groups in total. The minimum Gasteiger partial charge on any atom is -0.367 e. The molecule has 0 spiro atoms. The van der Waals surface area contributed by atoms with Gasteiger partial charge in [-0.3, -0.25) is 0 Å². The first kappa shape index (κ1) is 17.0. The zero-order valence-electron chi connectivity index (χ0n) is 13.1. The number of halogens is 3. The van der Waals surface area contributed by atoms with Crippen molar-refractivity contribution in [2.45, 2.75) is 6.18 Å². The van der Waals surface area contributed by atoms with Gasteiger partial charge in [-0.2, -0.15) is 18.4 Å². The van der Waals surface area contributed by atoms with Crippen molar-refractivity contribution < 1.29 is 13.2 Å². The smallest absolute Gasteiger partial charge is 0.367 e. The van der Waals surface area contributed by atoms with Gasteiger partial charge in [0.2, 0.25) is 5.95 Å². The summed E-state index contributed by atoms with van der Waals surface area (Å²) in [6.45, 7) is 3.12. The second-order valence-electron chi connectivity index (χ2n) is 5.47.